The molecule has 0 atom stereocenters. The van der Waals surface area contributed by atoms with Gasteiger partial charge in [-0.3, -0.25) is 4.68 Å². The number of alkyl halides is 2. The first-order chi connectivity index (χ1) is 9.54. The van der Waals surface area contributed by atoms with E-state index in [0.29, 0.717) is 29.2 Å². The highest BCUT2D eigenvalue weighted by Gasteiger charge is 2.05. The van der Waals surface area contributed by atoms with Crippen LogP contribution in [-0.4, -0.2) is 15.5 Å². The minimum absolute atomic E-state index is 0.342. The standard InChI is InChI=1S/C14H17F2N3S/c1-10(2)19-9-11(8-18-19)7-17-12-3-5-13(6-4-12)20-14(15)16/h3-6,8-10,14,17H,7H2,1-2H3. The van der Waals surface area contributed by atoms with Crippen molar-refractivity contribution in [2.75, 3.05) is 5.32 Å². The van der Waals surface area contributed by atoms with E-state index in [4.69, 9.17) is 0 Å². The summed E-state index contributed by atoms with van der Waals surface area (Å²) in [5.41, 5.74) is 1.99. The summed E-state index contributed by atoms with van der Waals surface area (Å²) in [5, 5.41) is 7.51. The van der Waals surface area contributed by atoms with Crippen LogP contribution >= 0.6 is 11.8 Å². The number of nitrogens with one attached hydrogen (secondary N) is 1. The van der Waals surface area contributed by atoms with Crippen molar-refractivity contribution in [2.45, 2.75) is 37.1 Å². The first-order valence-corrected chi connectivity index (χ1v) is 7.24. The molecular formula is C14H17F2N3S. The van der Waals surface area contributed by atoms with Crippen LogP contribution in [0.5, 0.6) is 0 Å². The molecule has 1 aromatic heterocycles. The maximum Gasteiger partial charge on any atom is 0.288 e. The molecule has 0 radical (unpaired) electrons. The summed E-state index contributed by atoms with van der Waals surface area (Å²) in [6.45, 7) is 4.81. The third-order valence-corrected chi connectivity index (χ3v) is 3.48. The number of hydrogen-bond acceptors (Lipinski definition) is 3. The molecule has 2 rings (SSSR count). The van der Waals surface area contributed by atoms with E-state index in [-0.39, 0.29) is 0 Å². The van der Waals surface area contributed by atoms with Crippen molar-refractivity contribution in [1.82, 2.24) is 9.78 Å². The van der Waals surface area contributed by atoms with Crippen molar-refractivity contribution in [2.24, 2.45) is 0 Å². The molecule has 108 valence electrons. The second-order valence-electron chi connectivity index (χ2n) is 4.68. The maximum atomic E-state index is 12.2. The molecule has 20 heavy (non-hydrogen) atoms. The summed E-state index contributed by atoms with van der Waals surface area (Å²) >= 11 is 0.554. The van der Waals surface area contributed by atoms with Gasteiger partial charge in [-0.25, -0.2) is 0 Å². The quantitative estimate of drug-likeness (QED) is 0.802. The van der Waals surface area contributed by atoms with Gasteiger partial charge in [0.1, 0.15) is 0 Å². The van der Waals surface area contributed by atoms with Crippen LogP contribution in [-0.2, 0) is 6.54 Å². The van der Waals surface area contributed by atoms with Crippen LogP contribution in [0.3, 0.4) is 0 Å². The zero-order valence-corrected chi connectivity index (χ0v) is 12.2. The van der Waals surface area contributed by atoms with Gasteiger partial charge in [-0.05, 0) is 38.1 Å². The van der Waals surface area contributed by atoms with Gasteiger partial charge in [0.05, 0.1) is 6.20 Å². The zero-order valence-electron chi connectivity index (χ0n) is 11.4. The molecular weight excluding hydrogens is 280 g/mol. The van der Waals surface area contributed by atoms with Crippen molar-refractivity contribution in [3.8, 4) is 0 Å². The van der Waals surface area contributed by atoms with Crippen molar-refractivity contribution < 1.29 is 8.78 Å². The number of aromatic nitrogens is 2. The Kier molecular flexibility index (Phi) is 5.00. The summed E-state index contributed by atoms with van der Waals surface area (Å²) in [7, 11) is 0. The van der Waals surface area contributed by atoms with E-state index >= 15 is 0 Å². The van der Waals surface area contributed by atoms with Gasteiger partial charge >= 0.3 is 0 Å². The monoisotopic (exact) mass is 297 g/mol. The Balaban J connectivity index is 1.90. The smallest absolute Gasteiger partial charge is 0.288 e. The van der Waals surface area contributed by atoms with Crippen molar-refractivity contribution in [3.63, 3.8) is 0 Å². The van der Waals surface area contributed by atoms with E-state index in [2.05, 4.69) is 24.3 Å². The van der Waals surface area contributed by atoms with Crippen LogP contribution in [0.4, 0.5) is 14.5 Å². The molecule has 3 nitrogen and oxygen atoms in total. The highest BCUT2D eigenvalue weighted by Crippen LogP contribution is 2.26. The number of hydrogen-bond donors (Lipinski definition) is 1. The third kappa shape index (κ3) is 4.23. The van der Waals surface area contributed by atoms with Gasteiger partial charge in [0.2, 0.25) is 0 Å². The molecule has 0 bridgehead atoms. The van der Waals surface area contributed by atoms with Crippen LogP contribution in [0.2, 0.25) is 0 Å². The van der Waals surface area contributed by atoms with Crippen LogP contribution in [0.1, 0.15) is 25.5 Å². The summed E-state index contributed by atoms with van der Waals surface area (Å²) < 4.78 is 26.3. The maximum absolute atomic E-state index is 12.2. The summed E-state index contributed by atoms with van der Waals surface area (Å²) in [6.07, 6.45) is 3.83. The zero-order chi connectivity index (χ0) is 14.5. The van der Waals surface area contributed by atoms with E-state index in [1.807, 2.05) is 17.1 Å². The molecule has 0 saturated heterocycles. The van der Waals surface area contributed by atoms with Gasteiger partial charge in [-0.1, -0.05) is 11.8 Å². The van der Waals surface area contributed by atoms with Crippen LogP contribution in [0, 0.1) is 0 Å². The largest absolute Gasteiger partial charge is 0.381 e. The number of halogens is 2. The van der Waals surface area contributed by atoms with Gasteiger partial charge in [-0.2, -0.15) is 13.9 Å². The fraction of sp³-hybridized carbons (Fsp3) is 0.357. The second kappa shape index (κ2) is 6.74. The molecule has 0 amide bonds. The minimum Gasteiger partial charge on any atom is -0.381 e. The lowest BCUT2D eigenvalue weighted by molar-refractivity contribution is 0.252. The average Bonchev–Trinajstić information content (AvgIpc) is 2.86. The first kappa shape index (κ1) is 14.8. The topological polar surface area (TPSA) is 29.9 Å². The van der Waals surface area contributed by atoms with E-state index in [9.17, 15) is 8.78 Å². The number of anilines is 1. The Morgan fingerprint density at radius 2 is 1.95 bits per heavy atom. The van der Waals surface area contributed by atoms with Crippen LogP contribution in [0.25, 0.3) is 0 Å². The third-order valence-electron chi connectivity index (χ3n) is 2.76. The summed E-state index contributed by atoms with van der Waals surface area (Å²) in [6, 6.07) is 7.33. The fourth-order valence-electron chi connectivity index (χ4n) is 1.71. The molecule has 1 aromatic carbocycles. The Morgan fingerprint density at radius 3 is 2.50 bits per heavy atom. The molecule has 0 aliphatic heterocycles. The second-order valence-corrected chi connectivity index (χ2v) is 5.74. The molecule has 0 spiro atoms. The Labute approximate surface area is 121 Å². The molecule has 1 heterocycles. The summed E-state index contributed by atoms with van der Waals surface area (Å²) in [5.74, 6) is -2.38. The van der Waals surface area contributed by atoms with E-state index in [1.165, 1.54) is 0 Å². The molecule has 1 N–H and O–H groups in total. The Hall–Kier alpha value is -1.56. The van der Waals surface area contributed by atoms with Gasteiger partial charge < -0.3 is 5.32 Å². The van der Waals surface area contributed by atoms with Gasteiger partial charge in [0, 0.05) is 34.9 Å². The predicted molar refractivity (Wildman–Crippen MR) is 78.2 cm³/mol. The van der Waals surface area contributed by atoms with Gasteiger partial charge in [-0.15, -0.1) is 0 Å². The van der Waals surface area contributed by atoms with Gasteiger partial charge in [0.15, 0.2) is 0 Å². The highest BCUT2D eigenvalue weighted by atomic mass is 32.2. The van der Waals surface area contributed by atoms with Gasteiger partial charge in [0.25, 0.3) is 5.76 Å². The SMILES string of the molecule is CC(C)n1cc(CNc2ccc(SC(F)F)cc2)cn1. The predicted octanol–water partition coefficient (Wildman–Crippen LogP) is 4.39. The van der Waals surface area contributed by atoms with Crippen molar-refractivity contribution >= 4 is 17.4 Å². The normalized spacial score (nSPS) is 11.3. The van der Waals surface area contributed by atoms with E-state index in [0.717, 1.165) is 11.3 Å². The average molecular weight is 297 g/mol. The molecule has 0 unspecified atom stereocenters. The number of rotatable bonds is 6. The van der Waals surface area contributed by atoms with Crippen LogP contribution < -0.4 is 5.32 Å². The molecule has 2 aromatic rings. The molecule has 0 aliphatic carbocycles. The Morgan fingerprint density at radius 1 is 1.25 bits per heavy atom. The molecule has 0 saturated carbocycles. The van der Waals surface area contributed by atoms with Crippen LogP contribution in [0.15, 0.2) is 41.6 Å². The number of nitrogens with zero attached hydrogens (tertiary/aromatic N) is 2. The van der Waals surface area contributed by atoms with E-state index < -0.39 is 5.76 Å². The van der Waals surface area contributed by atoms with E-state index in [1.54, 1.807) is 24.3 Å². The molecule has 0 fully saturated rings. The molecule has 0 aliphatic rings. The lowest BCUT2D eigenvalue weighted by Gasteiger charge is -2.06. The highest BCUT2D eigenvalue weighted by molar-refractivity contribution is 7.99. The number of benzene rings is 1. The summed E-state index contributed by atoms with van der Waals surface area (Å²) in [4.78, 5) is 0.568. The lowest BCUT2D eigenvalue weighted by Crippen LogP contribution is -2.01. The minimum atomic E-state index is -2.38. The number of thioether (sulfide) groups is 1. The molecule has 6 heteroatoms. The first-order valence-electron chi connectivity index (χ1n) is 6.36. The van der Waals surface area contributed by atoms with Crippen molar-refractivity contribution in [3.05, 3.63) is 42.2 Å². The fourth-order valence-corrected chi connectivity index (χ4v) is 2.21. The van der Waals surface area contributed by atoms with Crippen molar-refractivity contribution in [1.29, 1.82) is 0 Å². The Bertz CT molecular complexity index is 538. The lowest BCUT2D eigenvalue weighted by atomic mass is 10.3.